The molecule has 0 bridgehead atoms. The lowest BCUT2D eigenvalue weighted by atomic mass is 10.00. The number of phenols is 2. The monoisotopic (exact) mass is 1710 g/mol. The van der Waals surface area contributed by atoms with Crippen LogP contribution < -0.4 is 104 Å². The van der Waals surface area contributed by atoms with Crippen molar-refractivity contribution in [3.05, 3.63) is 167 Å². The third-order valence-corrected chi connectivity index (χ3v) is 20.0. The molecule has 0 saturated carbocycles. The van der Waals surface area contributed by atoms with E-state index in [0.29, 0.717) is 58.0 Å². The van der Waals surface area contributed by atoms with Gasteiger partial charge in [0.25, 0.3) is 0 Å². The van der Waals surface area contributed by atoms with E-state index >= 15 is 24.0 Å². The molecule has 32 N–H and O–H groups in total. The van der Waals surface area contributed by atoms with Crippen molar-refractivity contribution in [3.63, 3.8) is 0 Å². The number of phenolic OH excluding ortho intramolecular Hbond substituents is 2. The second kappa shape index (κ2) is 52.7. The molecule has 0 aliphatic rings. The van der Waals surface area contributed by atoms with Crippen LogP contribution in [-0.4, -0.2) is 220 Å². The summed E-state index contributed by atoms with van der Waals surface area (Å²) in [6.45, 7) is -0.281. The van der Waals surface area contributed by atoms with Gasteiger partial charge in [0, 0.05) is 62.3 Å². The number of carboxylic acid groups (broad SMARTS) is 2. The lowest BCUT2D eigenvalue weighted by Crippen LogP contribution is -2.61. The van der Waals surface area contributed by atoms with E-state index < -0.39 is 169 Å². The van der Waals surface area contributed by atoms with Crippen LogP contribution in [0.3, 0.4) is 0 Å². The van der Waals surface area contributed by atoms with Crippen molar-refractivity contribution in [2.24, 2.45) is 34.4 Å². The van der Waals surface area contributed by atoms with E-state index in [1.54, 1.807) is 103 Å². The van der Waals surface area contributed by atoms with Gasteiger partial charge in [-0.3, -0.25) is 73.1 Å². The van der Waals surface area contributed by atoms with Crippen molar-refractivity contribution in [1.29, 1.82) is 10.8 Å². The first-order chi connectivity index (χ1) is 58.9. The second-order valence-corrected chi connectivity index (χ2v) is 29.8. The fraction of sp³-hybridized carbons (Fsp3) is 0.440. The van der Waals surface area contributed by atoms with Crippen LogP contribution in [0.4, 0.5) is 0 Å². The van der Waals surface area contributed by atoms with Gasteiger partial charge in [-0.2, -0.15) is 0 Å². The lowest BCUT2D eigenvalue weighted by molar-refractivity contribution is -0.139. The number of aromatic hydroxyl groups is 2. The first-order valence-electron chi connectivity index (χ1n) is 40.9. The summed E-state index contributed by atoms with van der Waals surface area (Å²) < 4.78 is 0. The van der Waals surface area contributed by atoms with Gasteiger partial charge >= 0.3 is 11.9 Å². The number of aliphatic carboxylic acids is 2. The number of unbranched alkanes of at least 4 members (excludes halogenated alkanes) is 3. The highest BCUT2D eigenvalue weighted by Gasteiger charge is 2.38. The summed E-state index contributed by atoms with van der Waals surface area (Å²) in [5.41, 5.74) is 38.5. The third-order valence-electron chi connectivity index (χ3n) is 20.0. The zero-order valence-corrected chi connectivity index (χ0v) is 68.6. The number of carboxylic acids is 2. The number of aromatic amines is 1. The van der Waals surface area contributed by atoms with Crippen LogP contribution in [0.25, 0.3) is 10.9 Å². The molecule has 6 aromatic rings. The number of carbonyl (C=O) groups is 13. The van der Waals surface area contributed by atoms with Crippen LogP contribution in [0.1, 0.15) is 124 Å². The van der Waals surface area contributed by atoms with Gasteiger partial charge in [-0.25, -0.2) is 0 Å². The Hall–Kier alpha value is -13.3. The Kier molecular flexibility index (Phi) is 42.2. The number of nitrogens with one attached hydrogen (secondary N) is 16. The molecular weight excluding hydrogens is 1590 g/mol. The SMILES string of the molecule is N=C(N)NCCC[C@H](NC(=O)[C@@H](CCCCN)NC(=O)[C@H](CCC(=O)O)NC(=O)[C@H](CCCCN)NC(=O)[C@H](Cc1ccccc1)NC(=O)[C@H](N)Cc1ccc(O)cc1)C(=O)N[C@H](Cc1c[nH]c2ccccc12)C(=O)N[C@@H](CCCCN)C(=O)N[C@H](Cc1ccccc1)C(=O)N[C@@H](Cc1ccc(O)cc1)C(=O)N[C@H](CCCNC(=N)N)C(=O)NCC(=O)O. The smallest absolute Gasteiger partial charge is 0.322 e. The van der Waals surface area contributed by atoms with Gasteiger partial charge in [-0.1, -0.05) is 103 Å². The minimum absolute atomic E-state index is 0.00475. The molecule has 123 heavy (non-hydrogen) atoms. The fourth-order valence-electron chi connectivity index (χ4n) is 13.3. The summed E-state index contributed by atoms with van der Waals surface area (Å²) in [5.74, 6) is -13.8. The van der Waals surface area contributed by atoms with E-state index in [1.165, 1.54) is 36.4 Å². The maximum absolute atomic E-state index is 15.4. The zero-order valence-electron chi connectivity index (χ0n) is 68.6. The summed E-state index contributed by atoms with van der Waals surface area (Å²) in [7, 11) is 0. The van der Waals surface area contributed by atoms with E-state index in [2.05, 4.69) is 74.1 Å². The lowest BCUT2D eigenvalue weighted by Gasteiger charge is -2.29. The number of amides is 11. The number of rotatable bonds is 56. The predicted octanol–water partition coefficient (Wildman–Crippen LogP) is -1.75. The molecule has 0 spiro atoms. The molecule has 0 aliphatic heterocycles. The first-order valence-corrected chi connectivity index (χ1v) is 40.9. The molecule has 666 valence electrons. The molecular formula is C84H118N22O17. The molecule has 1 heterocycles. The number of para-hydroxylation sites is 1. The van der Waals surface area contributed by atoms with Crippen LogP contribution in [0.5, 0.6) is 11.5 Å². The van der Waals surface area contributed by atoms with Crippen molar-refractivity contribution in [2.75, 3.05) is 39.3 Å². The van der Waals surface area contributed by atoms with E-state index in [-0.39, 0.29) is 146 Å². The molecule has 39 heteroatoms. The van der Waals surface area contributed by atoms with Gasteiger partial charge < -0.3 is 129 Å². The summed E-state index contributed by atoms with van der Waals surface area (Å²) in [4.78, 5) is 189. The Morgan fingerprint density at radius 3 is 1.01 bits per heavy atom. The normalized spacial score (nSPS) is 13.7. The van der Waals surface area contributed by atoms with E-state index in [1.807, 2.05) is 0 Å². The maximum Gasteiger partial charge on any atom is 0.322 e. The van der Waals surface area contributed by atoms with E-state index in [9.17, 15) is 58.8 Å². The average Bonchev–Trinajstić information content (AvgIpc) is 1.71. The Bertz CT molecular complexity index is 4470. The second-order valence-electron chi connectivity index (χ2n) is 29.8. The molecule has 11 amide bonds. The Morgan fingerprint density at radius 2 is 0.642 bits per heavy atom. The van der Waals surface area contributed by atoms with E-state index in [0.717, 1.165) is 0 Å². The predicted molar refractivity (Wildman–Crippen MR) is 458 cm³/mol. The van der Waals surface area contributed by atoms with Crippen molar-refractivity contribution in [2.45, 2.75) is 195 Å². The summed E-state index contributed by atoms with van der Waals surface area (Å²) in [6.07, 6.45) is 0.768. The molecule has 0 aliphatic carbocycles. The van der Waals surface area contributed by atoms with Crippen LogP contribution >= 0.6 is 0 Å². The Morgan fingerprint density at radius 1 is 0.333 bits per heavy atom. The number of hydrogen-bond donors (Lipinski definition) is 26. The highest BCUT2D eigenvalue weighted by molar-refractivity contribution is 6.00. The number of H-pyrrole nitrogens is 1. The molecule has 0 unspecified atom stereocenters. The fourth-order valence-corrected chi connectivity index (χ4v) is 13.3. The molecule has 1 aromatic heterocycles. The molecule has 0 radical (unpaired) electrons. The van der Waals surface area contributed by atoms with Crippen LogP contribution in [-0.2, 0) is 94.4 Å². The van der Waals surface area contributed by atoms with Crippen LogP contribution in [0, 0.1) is 10.8 Å². The zero-order chi connectivity index (χ0) is 89.8. The topological polar surface area (TPSA) is 679 Å². The van der Waals surface area contributed by atoms with Gasteiger partial charge in [0.1, 0.15) is 78.5 Å². The van der Waals surface area contributed by atoms with Crippen molar-refractivity contribution >= 4 is 99.7 Å². The maximum atomic E-state index is 15.4. The van der Waals surface area contributed by atoms with Gasteiger partial charge in [-0.15, -0.1) is 0 Å². The largest absolute Gasteiger partial charge is 0.508 e. The highest BCUT2D eigenvalue weighted by atomic mass is 16.4. The molecule has 11 atom stereocenters. The minimum Gasteiger partial charge on any atom is -0.508 e. The molecule has 39 nitrogen and oxygen atoms in total. The molecule has 0 fully saturated rings. The summed E-state index contributed by atoms with van der Waals surface area (Å²) >= 11 is 0. The average molecular weight is 1710 g/mol. The molecule has 6 rings (SSSR count). The van der Waals surface area contributed by atoms with Crippen molar-refractivity contribution in [1.82, 2.24) is 74.1 Å². The van der Waals surface area contributed by atoms with Crippen LogP contribution in [0.15, 0.2) is 140 Å². The quantitative estimate of drug-likeness (QED) is 0.0114. The highest BCUT2D eigenvalue weighted by Crippen LogP contribution is 2.22. The van der Waals surface area contributed by atoms with Gasteiger partial charge in [0.2, 0.25) is 65.0 Å². The number of aromatic nitrogens is 1. The van der Waals surface area contributed by atoms with Crippen LogP contribution in [0.2, 0.25) is 0 Å². The molecule has 0 saturated heterocycles. The first kappa shape index (κ1) is 98.6. The number of hydrogen-bond acceptors (Lipinski definition) is 21. The number of nitrogens with two attached hydrogens (primary N) is 6. The van der Waals surface area contributed by atoms with Crippen molar-refractivity contribution < 1.29 is 82.8 Å². The molecule has 5 aromatic carbocycles. The van der Waals surface area contributed by atoms with E-state index in [4.69, 9.17) is 45.2 Å². The number of fused-ring (bicyclic) bond motifs is 1. The standard InChI is InChI=1S/C84H118N22O17/c85-38-12-9-23-61(98-78(119)65(36-37-70(109)110)102-75(116)62(24-10-13-39-86)100-79(120)66(44-50-17-3-1-4-18-50)103-72(113)58(88)43-52-28-32-55(107)33-29-52)74(115)99-64(27-16-42-94-84(91)92)77(118)106-69(47-54-48-95-59-22-8-7-21-57(54)59)82(123)101-63(25-11-14-40-87)76(117)104-67(45-51-19-5-2-6-20-51)81(122)105-68(46-53-30-34-56(108)35-31-53)80(121)97-60(26-15-41-93-83(89)90)73(114)96-49-71(111)112/h1-8,17-22,28-35,48,58,60-69,95,107-108H,9-16,23-27,36-47,49,85-88H2,(H,96,114)(H,97,121)(H,98,119)(H,99,115)(H,100,120)(H,101,123)(H,102,116)(H,103,113)(H,104,117)(H,105,122)(H,106,118)(H,109,110)(H,111,112)(H4,89,90,93)(H4,91,92,94)/t58-,60-,61-,62+,63+,64+,65+,66+,67-,68+,69-/m1/s1. The Balaban J connectivity index is 1.31. The number of carbonyl (C=O) groups excluding carboxylic acids is 11. The minimum atomic E-state index is -1.71. The van der Waals surface area contributed by atoms with Gasteiger partial charge in [0.15, 0.2) is 11.9 Å². The summed E-state index contributed by atoms with van der Waals surface area (Å²) in [5, 5.41) is 89.9. The number of guanidine groups is 2. The van der Waals surface area contributed by atoms with Gasteiger partial charge in [0.05, 0.1) is 6.04 Å². The Labute approximate surface area is 711 Å². The van der Waals surface area contributed by atoms with Crippen molar-refractivity contribution in [3.8, 4) is 11.5 Å². The third kappa shape index (κ3) is 35.9. The summed E-state index contributed by atoms with van der Waals surface area (Å²) in [6, 6.07) is 19.5. The van der Waals surface area contributed by atoms with Gasteiger partial charge in [-0.05, 0) is 174 Å². The number of benzene rings is 5.